The quantitative estimate of drug-likeness (QED) is 0.758. The summed E-state index contributed by atoms with van der Waals surface area (Å²) >= 11 is 0. The molecule has 0 radical (unpaired) electrons. The van der Waals surface area contributed by atoms with Gasteiger partial charge in [-0.2, -0.15) is 5.10 Å². The molecule has 0 spiro atoms. The van der Waals surface area contributed by atoms with Gasteiger partial charge >= 0.3 is 0 Å². The Balaban J connectivity index is 1.64. The number of hydrogen-bond acceptors (Lipinski definition) is 3. The lowest BCUT2D eigenvalue weighted by molar-refractivity contribution is -0.0277. The molecule has 4 rings (SSSR count). The van der Waals surface area contributed by atoms with E-state index in [9.17, 15) is 13.6 Å². The maximum Gasteiger partial charge on any atom is 0.260 e. The Bertz CT molecular complexity index is 965. The van der Waals surface area contributed by atoms with Crippen molar-refractivity contribution in [3.63, 3.8) is 0 Å². The van der Waals surface area contributed by atoms with Gasteiger partial charge in [0.15, 0.2) is 0 Å². The molecule has 7 heteroatoms. The molecule has 1 aliphatic heterocycles. The molecule has 1 aliphatic rings. The van der Waals surface area contributed by atoms with E-state index < -0.39 is 11.8 Å². The van der Waals surface area contributed by atoms with E-state index in [4.69, 9.17) is 5.73 Å². The number of piperidine rings is 1. The highest BCUT2D eigenvalue weighted by Gasteiger charge is 2.36. The van der Waals surface area contributed by atoms with Gasteiger partial charge in [-0.1, -0.05) is 24.3 Å². The van der Waals surface area contributed by atoms with Crippen molar-refractivity contribution >= 4 is 16.8 Å². The Morgan fingerprint density at radius 1 is 1.23 bits per heavy atom. The van der Waals surface area contributed by atoms with E-state index in [1.54, 1.807) is 16.8 Å². The van der Waals surface area contributed by atoms with Gasteiger partial charge in [0.1, 0.15) is 5.52 Å². The number of aromatic nitrogens is 2. The van der Waals surface area contributed by atoms with Crippen LogP contribution in [0.5, 0.6) is 0 Å². The van der Waals surface area contributed by atoms with E-state index in [2.05, 4.69) is 10.4 Å². The number of rotatable bonds is 3. The first-order chi connectivity index (χ1) is 12.4. The topological polar surface area (TPSA) is 72.9 Å². The number of nitrogens with zero attached hydrogens (tertiary/aromatic N) is 2. The summed E-state index contributed by atoms with van der Waals surface area (Å²) in [7, 11) is 0. The summed E-state index contributed by atoms with van der Waals surface area (Å²) in [5.74, 6) is -3.42. The number of nitrogens with one attached hydrogen (secondary N) is 1. The SMILES string of the molecule is NC(=O)c1cccc2cn(-c3ccc([C@H]4CNCC(F)(F)C4)cc3)nc12. The Labute approximate surface area is 148 Å². The summed E-state index contributed by atoms with van der Waals surface area (Å²) in [6, 6.07) is 12.6. The van der Waals surface area contributed by atoms with Crippen LogP contribution < -0.4 is 11.1 Å². The van der Waals surface area contributed by atoms with Crippen molar-refractivity contribution in [3.05, 3.63) is 59.8 Å². The molecule has 0 saturated carbocycles. The Morgan fingerprint density at radius 3 is 2.69 bits per heavy atom. The number of primary amides is 1. The first-order valence-electron chi connectivity index (χ1n) is 8.40. The number of nitrogens with two attached hydrogens (primary N) is 1. The van der Waals surface area contributed by atoms with Gasteiger partial charge in [-0.3, -0.25) is 4.79 Å². The van der Waals surface area contributed by atoms with Crippen molar-refractivity contribution in [1.82, 2.24) is 15.1 Å². The third-order valence-corrected chi connectivity index (χ3v) is 4.75. The van der Waals surface area contributed by atoms with Crippen LogP contribution in [0.25, 0.3) is 16.6 Å². The highest BCUT2D eigenvalue weighted by Crippen LogP contribution is 2.33. The normalized spacial score (nSPS) is 19.5. The zero-order valence-electron chi connectivity index (χ0n) is 14.0. The lowest BCUT2D eigenvalue weighted by atomic mass is 9.90. The highest BCUT2D eigenvalue weighted by molar-refractivity contribution is 6.04. The highest BCUT2D eigenvalue weighted by atomic mass is 19.3. The van der Waals surface area contributed by atoms with Crippen LogP contribution in [0.4, 0.5) is 8.78 Å². The second-order valence-electron chi connectivity index (χ2n) is 6.66. The molecule has 1 atom stereocenters. The largest absolute Gasteiger partial charge is 0.366 e. The second-order valence-corrected chi connectivity index (χ2v) is 6.66. The predicted molar refractivity (Wildman–Crippen MR) is 94.8 cm³/mol. The van der Waals surface area contributed by atoms with Crippen molar-refractivity contribution in [3.8, 4) is 5.69 Å². The van der Waals surface area contributed by atoms with Crippen LogP contribution in [0.15, 0.2) is 48.7 Å². The molecule has 3 aromatic rings. The van der Waals surface area contributed by atoms with Gasteiger partial charge in [0.25, 0.3) is 11.8 Å². The maximum atomic E-state index is 13.6. The van der Waals surface area contributed by atoms with Gasteiger partial charge in [0.05, 0.1) is 17.8 Å². The van der Waals surface area contributed by atoms with Crippen LogP contribution in [0.3, 0.4) is 0 Å². The lowest BCUT2D eigenvalue weighted by Gasteiger charge is -2.30. The molecule has 1 saturated heterocycles. The third-order valence-electron chi connectivity index (χ3n) is 4.75. The molecule has 1 fully saturated rings. The van der Waals surface area contributed by atoms with E-state index in [0.29, 0.717) is 17.6 Å². The van der Waals surface area contributed by atoms with Crippen molar-refractivity contribution in [2.75, 3.05) is 13.1 Å². The van der Waals surface area contributed by atoms with E-state index >= 15 is 0 Å². The molecule has 0 bridgehead atoms. The summed E-state index contributed by atoms with van der Waals surface area (Å²) in [5.41, 5.74) is 7.97. The van der Waals surface area contributed by atoms with Crippen molar-refractivity contribution < 1.29 is 13.6 Å². The summed E-state index contributed by atoms with van der Waals surface area (Å²) in [6.07, 6.45) is 1.67. The number of fused-ring (bicyclic) bond motifs is 1. The van der Waals surface area contributed by atoms with E-state index in [1.165, 1.54) is 0 Å². The Hall–Kier alpha value is -2.80. The fraction of sp³-hybridized carbons (Fsp3) is 0.263. The minimum atomic E-state index is -2.67. The fourth-order valence-corrected chi connectivity index (χ4v) is 3.45. The maximum absolute atomic E-state index is 13.6. The molecule has 2 heterocycles. The molecule has 1 amide bonds. The van der Waals surface area contributed by atoms with Gasteiger partial charge in [0, 0.05) is 30.5 Å². The molecule has 26 heavy (non-hydrogen) atoms. The van der Waals surface area contributed by atoms with Crippen LogP contribution in [0.2, 0.25) is 0 Å². The van der Waals surface area contributed by atoms with Crippen LogP contribution in [-0.2, 0) is 0 Å². The number of benzene rings is 2. The van der Waals surface area contributed by atoms with Crippen LogP contribution in [0, 0.1) is 0 Å². The standard InChI is InChI=1S/C19H18F2N4O/c20-19(21)8-14(9-23-11-19)12-4-6-15(7-5-12)25-10-13-2-1-3-16(18(22)26)17(13)24-25/h1-7,10,14,23H,8-9,11H2,(H2,22,26)/t14-/m1/s1. The molecule has 3 N–H and O–H groups in total. The zero-order chi connectivity index (χ0) is 18.3. The first-order valence-corrected chi connectivity index (χ1v) is 8.40. The lowest BCUT2D eigenvalue weighted by Crippen LogP contribution is -2.42. The van der Waals surface area contributed by atoms with Gasteiger partial charge in [-0.15, -0.1) is 0 Å². The molecule has 0 aliphatic carbocycles. The number of carbonyl (C=O) groups excluding carboxylic acids is 1. The van der Waals surface area contributed by atoms with Gasteiger partial charge in [-0.25, -0.2) is 13.5 Å². The molecule has 134 valence electrons. The summed E-state index contributed by atoms with van der Waals surface area (Å²) < 4.78 is 28.8. The van der Waals surface area contributed by atoms with Gasteiger partial charge in [0.2, 0.25) is 0 Å². The van der Waals surface area contributed by atoms with E-state index in [0.717, 1.165) is 16.6 Å². The Morgan fingerprint density at radius 2 is 2.00 bits per heavy atom. The molecular weight excluding hydrogens is 338 g/mol. The van der Waals surface area contributed by atoms with E-state index in [-0.39, 0.29) is 18.9 Å². The summed E-state index contributed by atoms with van der Waals surface area (Å²) in [5, 5.41) is 8.05. The number of hydrogen-bond donors (Lipinski definition) is 2. The minimum absolute atomic E-state index is 0.146. The molecule has 1 aromatic heterocycles. The summed E-state index contributed by atoms with van der Waals surface area (Å²) in [6.45, 7) is 0.284. The average molecular weight is 356 g/mol. The summed E-state index contributed by atoms with van der Waals surface area (Å²) in [4.78, 5) is 11.5. The fourth-order valence-electron chi connectivity index (χ4n) is 3.45. The van der Waals surface area contributed by atoms with Crippen molar-refractivity contribution in [2.24, 2.45) is 5.73 Å². The van der Waals surface area contributed by atoms with Crippen molar-refractivity contribution in [1.29, 1.82) is 0 Å². The predicted octanol–water partition coefficient (Wildman–Crippen LogP) is 2.84. The van der Waals surface area contributed by atoms with Crippen molar-refractivity contribution in [2.45, 2.75) is 18.3 Å². The zero-order valence-corrected chi connectivity index (χ0v) is 14.0. The monoisotopic (exact) mass is 356 g/mol. The number of halogens is 2. The van der Waals surface area contributed by atoms with Crippen LogP contribution >= 0.6 is 0 Å². The molecule has 2 aromatic carbocycles. The number of carbonyl (C=O) groups is 1. The third kappa shape index (κ3) is 3.06. The molecule has 5 nitrogen and oxygen atoms in total. The average Bonchev–Trinajstić information content (AvgIpc) is 3.05. The number of alkyl halides is 2. The minimum Gasteiger partial charge on any atom is -0.366 e. The number of amides is 1. The smallest absolute Gasteiger partial charge is 0.260 e. The van der Waals surface area contributed by atoms with Crippen LogP contribution in [0.1, 0.15) is 28.3 Å². The van der Waals surface area contributed by atoms with Gasteiger partial charge < -0.3 is 11.1 Å². The molecule has 0 unspecified atom stereocenters. The van der Waals surface area contributed by atoms with Gasteiger partial charge in [-0.05, 0) is 23.8 Å². The molecular formula is C19H18F2N4O. The Kier molecular flexibility index (Phi) is 3.96. The second kappa shape index (κ2) is 6.17. The van der Waals surface area contributed by atoms with E-state index in [1.807, 2.05) is 36.5 Å². The van der Waals surface area contributed by atoms with Crippen LogP contribution in [-0.4, -0.2) is 34.7 Å². The first kappa shape index (κ1) is 16.7.